The van der Waals surface area contributed by atoms with E-state index >= 15 is 0 Å². The molecule has 2 atom stereocenters. The first-order chi connectivity index (χ1) is 35.0. The van der Waals surface area contributed by atoms with Crippen molar-refractivity contribution < 1.29 is 42.1 Å². The standard InChI is InChI=1S/C62H116NO8P/c1-6-8-10-12-14-16-18-19-20-21-22-23-24-25-26-27-28-29-30-31-32-33-34-35-36-37-38-39-40-41-42-43-45-47-49-51-53-55-62(65)71-60(59-70-72(66,67)69-57-56-63(3,4)5)58-68-61(64)54-52-50-48-46-44-17-15-13-11-9-7-2/h13,15,18-19,21-22,24-25,60H,6-12,14,16-17,20,23,26-59H2,1-5H3/b15-13-,19-18-,22-21-,25-24-. The van der Waals surface area contributed by atoms with Crippen LogP contribution in [0.2, 0.25) is 0 Å². The Bertz CT molecular complexity index is 1360. The molecule has 10 heteroatoms. The van der Waals surface area contributed by atoms with E-state index in [-0.39, 0.29) is 26.1 Å². The van der Waals surface area contributed by atoms with Crippen LogP contribution in [0.1, 0.15) is 284 Å². The van der Waals surface area contributed by atoms with Crippen LogP contribution in [0.15, 0.2) is 48.6 Å². The summed E-state index contributed by atoms with van der Waals surface area (Å²) in [4.78, 5) is 37.7. The van der Waals surface area contributed by atoms with Gasteiger partial charge < -0.3 is 27.9 Å². The van der Waals surface area contributed by atoms with Gasteiger partial charge in [0.1, 0.15) is 19.8 Å². The number of rotatable bonds is 56. The maximum atomic E-state index is 12.8. The van der Waals surface area contributed by atoms with Gasteiger partial charge in [0.2, 0.25) is 0 Å². The first-order valence-electron chi connectivity index (χ1n) is 30.3. The zero-order chi connectivity index (χ0) is 52.7. The molecule has 0 heterocycles. The minimum absolute atomic E-state index is 0.0309. The van der Waals surface area contributed by atoms with Gasteiger partial charge >= 0.3 is 11.9 Å². The van der Waals surface area contributed by atoms with E-state index < -0.39 is 32.5 Å². The number of quaternary nitrogens is 1. The summed E-state index contributed by atoms with van der Waals surface area (Å²) >= 11 is 0. The second kappa shape index (κ2) is 53.8. The number of unbranched alkanes of at least 4 members (excludes halogenated alkanes) is 34. The highest BCUT2D eigenvalue weighted by Crippen LogP contribution is 2.38. The molecular formula is C62H116NO8P. The largest absolute Gasteiger partial charge is 0.756 e. The predicted molar refractivity (Wildman–Crippen MR) is 305 cm³/mol. The van der Waals surface area contributed by atoms with Crippen LogP contribution in [0.4, 0.5) is 0 Å². The lowest BCUT2D eigenvalue weighted by Crippen LogP contribution is -2.37. The van der Waals surface area contributed by atoms with Gasteiger partial charge in [-0.1, -0.05) is 249 Å². The number of ether oxygens (including phenoxy) is 2. The van der Waals surface area contributed by atoms with Crippen molar-refractivity contribution in [3.63, 3.8) is 0 Å². The zero-order valence-electron chi connectivity index (χ0n) is 47.9. The van der Waals surface area contributed by atoms with Crippen molar-refractivity contribution in [1.29, 1.82) is 0 Å². The molecule has 0 aromatic carbocycles. The third-order valence-electron chi connectivity index (χ3n) is 13.3. The van der Waals surface area contributed by atoms with Gasteiger partial charge in [-0.15, -0.1) is 0 Å². The number of hydrogen-bond donors (Lipinski definition) is 0. The number of allylic oxidation sites excluding steroid dienone is 8. The van der Waals surface area contributed by atoms with E-state index in [0.717, 1.165) is 70.6 Å². The van der Waals surface area contributed by atoms with Gasteiger partial charge in [0.15, 0.2) is 6.10 Å². The molecule has 0 rings (SSSR count). The van der Waals surface area contributed by atoms with Gasteiger partial charge in [0.25, 0.3) is 7.82 Å². The average molecular weight is 1030 g/mol. The van der Waals surface area contributed by atoms with E-state index in [9.17, 15) is 19.0 Å². The number of phosphoric acid groups is 1. The summed E-state index contributed by atoms with van der Waals surface area (Å²) in [6.45, 7) is 4.20. The first-order valence-corrected chi connectivity index (χ1v) is 31.8. The van der Waals surface area contributed by atoms with E-state index in [1.54, 1.807) is 0 Å². The van der Waals surface area contributed by atoms with Crippen LogP contribution in [-0.2, 0) is 32.7 Å². The second-order valence-corrected chi connectivity index (χ2v) is 23.1. The van der Waals surface area contributed by atoms with Crippen LogP contribution in [-0.4, -0.2) is 70.0 Å². The molecule has 0 saturated heterocycles. The van der Waals surface area contributed by atoms with E-state index in [2.05, 4.69) is 62.5 Å². The molecule has 0 saturated carbocycles. The number of esters is 2. The number of nitrogens with zero attached hydrogens (tertiary/aromatic N) is 1. The molecule has 0 radical (unpaired) electrons. The number of carbonyl (C=O) groups excluding carboxylic acids is 2. The SMILES string of the molecule is CCCC/C=C\CCCCCCCC(=O)OCC(COP(=O)([O-])OCC[N+](C)(C)C)OC(=O)CCCCCCCCCCCCCCCCCCCCCCCC/C=C\C/C=C\C/C=C\CCCCCCC. The second-order valence-electron chi connectivity index (χ2n) is 21.7. The number of likely N-dealkylation sites (N-methyl/N-ethyl adjacent to an activating group) is 1. The van der Waals surface area contributed by atoms with Crippen molar-refractivity contribution in [2.24, 2.45) is 0 Å². The maximum Gasteiger partial charge on any atom is 0.306 e. The lowest BCUT2D eigenvalue weighted by Gasteiger charge is -2.28. The summed E-state index contributed by atoms with van der Waals surface area (Å²) < 4.78 is 34.1. The smallest absolute Gasteiger partial charge is 0.306 e. The van der Waals surface area contributed by atoms with Crippen molar-refractivity contribution in [2.45, 2.75) is 290 Å². The number of phosphoric ester groups is 1. The maximum absolute atomic E-state index is 12.8. The molecule has 0 spiro atoms. The highest BCUT2D eigenvalue weighted by Gasteiger charge is 2.22. The number of carbonyl (C=O) groups is 2. The fourth-order valence-corrected chi connectivity index (χ4v) is 9.32. The molecule has 0 aliphatic rings. The molecule has 0 aliphatic carbocycles. The Hall–Kier alpha value is -2.03. The topological polar surface area (TPSA) is 111 Å². The highest BCUT2D eigenvalue weighted by atomic mass is 31.2. The molecule has 0 aromatic rings. The van der Waals surface area contributed by atoms with Gasteiger partial charge in [-0.25, -0.2) is 0 Å². The van der Waals surface area contributed by atoms with E-state index in [0.29, 0.717) is 17.4 Å². The summed E-state index contributed by atoms with van der Waals surface area (Å²) in [5.41, 5.74) is 0. The fourth-order valence-electron chi connectivity index (χ4n) is 8.59. The molecule has 0 bridgehead atoms. The van der Waals surface area contributed by atoms with Crippen LogP contribution in [0, 0.1) is 0 Å². The molecular weight excluding hydrogens is 918 g/mol. The third-order valence-corrected chi connectivity index (χ3v) is 14.3. The summed E-state index contributed by atoms with van der Waals surface area (Å²) in [7, 11) is 1.17. The Morgan fingerprint density at radius 2 is 0.764 bits per heavy atom. The molecule has 422 valence electrons. The Morgan fingerprint density at radius 3 is 1.17 bits per heavy atom. The van der Waals surface area contributed by atoms with Crippen molar-refractivity contribution in [1.82, 2.24) is 0 Å². The fraction of sp³-hybridized carbons (Fsp3) is 0.839. The van der Waals surface area contributed by atoms with Crippen molar-refractivity contribution >= 4 is 19.8 Å². The van der Waals surface area contributed by atoms with Crippen LogP contribution < -0.4 is 4.89 Å². The Morgan fingerprint density at radius 1 is 0.431 bits per heavy atom. The predicted octanol–water partition coefficient (Wildman–Crippen LogP) is 18.3. The molecule has 72 heavy (non-hydrogen) atoms. The van der Waals surface area contributed by atoms with Crippen LogP contribution in [0.3, 0.4) is 0 Å². The van der Waals surface area contributed by atoms with E-state index in [1.165, 1.54) is 180 Å². The summed E-state index contributed by atoms with van der Waals surface area (Å²) in [6, 6.07) is 0. The average Bonchev–Trinajstić information content (AvgIpc) is 3.34. The normalized spacial score (nSPS) is 13.6. The molecule has 9 nitrogen and oxygen atoms in total. The summed E-state index contributed by atoms with van der Waals surface area (Å²) in [5.74, 6) is -0.836. The van der Waals surface area contributed by atoms with Crippen molar-refractivity contribution in [3.8, 4) is 0 Å². The lowest BCUT2D eigenvalue weighted by atomic mass is 10.0. The van der Waals surface area contributed by atoms with Gasteiger partial charge in [-0.05, 0) is 70.6 Å². The quantitative estimate of drug-likeness (QED) is 0.0195. The molecule has 0 aliphatic heterocycles. The van der Waals surface area contributed by atoms with Gasteiger partial charge in [0.05, 0.1) is 27.7 Å². The van der Waals surface area contributed by atoms with Crippen LogP contribution in [0.25, 0.3) is 0 Å². The lowest BCUT2D eigenvalue weighted by molar-refractivity contribution is -0.870. The summed E-state index contributed by atoms with van der Waals surface area (Å²) in [5, 5.41) is 0. The number of hydrogen-bond acceptors (Lipinski definition) is 8. The van der Waals surface area contributed by atoms with Gasteiger partial charge in [-0.2, -0.15) is 0 Å². The molecule has 0 fully saturated rings. The Kier molecular flexibility index (Phi) is 52.3. The van der Waals surface area contributed by atoms with Crippen LogP contribution >= 0.6 is 7.82 Å². The minimum Gasteiger partial charge on any atom is -0.756 e. The Balaban J connectivity index is 3.89. The van der Waals surface area contributed by atoms with Crippen LogP contribution in [0.5, 0.6) is 0 Å². The van der Waals surface area contributed by atoms with Gasteiger partial charge in [-0.3, -0.25) is 14.2 Å². The van der Waals surface area contributed by atoms with Crippen molar-refractivity contribution in [2.75, 3.05) is 47.5 Å². The van der Waals surface area contributed by atoms with E-state index in [1.807, 2.05) is 21.1 Å². The molecule has 0 N–H and O–H groups in total. The molecule has 0 aromatic heterocycles. The Labute approximate surface area is 445 Å². The first kappa shape index (κ1) is 70.0. The van der Waals surface area contributed by atoms with Crippen molar-refractivity contribution in [3.05, 3.63) is 48.6 Å². The summed E-state index contributed by atoms with van der Waals surface area (Å²) in [6.07, 6.45) is 67.7. The molecule has 0 amide bonds. The van der Waals surface area contributed by atoms with E-state index in [4.69, 9.17) is 18.5 Å². The minimum atomic E-state index is -4.63. The van der Waals surface area contributed by atoms with Gasteiger partial charge in [0, 0.05) is 12.8 Å². The monoisotopic (exact) mass is 1030 g/mol. The highest BCUT2D eigenvalue weighted by molar-refractivity contribution is 7.45. The third kappa shape index (κ3) is 57.3. The zero-order valence-corrected chi connectivity index (χ0v) is 48.8. The molecule has 2 unspecified atom stereocenters.